The summed E-state index contributed by atoms with van der Waals surface area (Å²) in [6.07, 6.45) is 4.49. The van der Waals surface area contributed by atoms with Crippen LogP contribution in [-0.4, -0.2) is 71.2 Å². The first kappa shape index (κ1) is 24.6. The number of nitrogens with one attached hydrogen (secondary N) is 2. The van der Waals surface area contributed by atoms with Gasteiger partial charge in [0.05, 0.1) is 0 Å². The maximum absolute atomic E-state index is 12.4. The number of amides is 2. The molecular weight excluding hydrogens is 364 g/mol. The maximum atomic E-state index is 12.4. The van der Waals surface area contributed by atoms with Gasteiger partial charge in [0.1, 0.15) is 24.4 Å². The Morgan fingerprint density at radius 1 is 1.25 bits per heavy atom. The van der Waals surface area contributed by atoms with Crippen molar-refractivity contribution in [3.8, 4) is 0 Å². The van der Waals surface area contributed by atoms with Crippen molar-refractivity contribution in [2.24, 2.45) is 0 Å². The van der Waals surface area contributed by atoms with E-state index in [-0.39, 0.29) is 5.91 Å². The zero-order valence-electron chi connectivity index (χ0n) is 17.0. The van der Waals surface area contributed by atoms with Crippen molar-refractivity contribution in [1.82, 2.24) is 10.6 Å². The fourth-order valence-corrected chi connectivity index (χ4v) is 3.15. The number of methoxy groups -OCH3 is 1. The van der Waals surface area contributed by atoms with E-state index in [2.05, 4.69) is 17.6 Å². The predicted octanol–water partition coefficient (Wildman–Crippen LogP) is 0.396. The lowest BCUT2D eigenvalue weighted by molar-refractivity contribution is -0.150. The fraction of sp³-hybridized carbons (Fsp3) is 0.800. The quantitative estimate of drug-likeness (QED) is 0.238. The zero-order chi connectivity index (χ0) is 20.9. The van der Waals surface area contributed by atoms with Crippen molar-refractivity contribution < 1.29 is 29.6 Å². The van der Waals surface area contributed by atoms with Crippen molar-refractivity contribution in [3.63, 3.8) is 0 Å². The van der Waals surface area contributed by atoms with Crippen LogP contribution in [-0.2, 0) is 14.3 Å². The molecule has 0 radical (unpaired) electrons. The number of carbonyl (C=O) groups excluding carboxylic acids is 2. The average molecular weight is 401 g/mol. The standard InChI is InChI=1S/C20H36N2O6/c1-3-4-5-6-7-8-12-15(23)16(24)17(25)18(28-2)20(27)22-14-11-9-10-13-21-19(14)26/h8,12,14-18,23-25H,3-7,9-11,13H2,1-2H3,(H,21,26)(H,22,27)/t14-,15+,16-,17+,18+/m0/s1. The smallest absolute Gasteiger partial charge is 0.252 e. The molecule has 8 nitrogen and oxygen atoms in total. The van der Waals surface area contributed by atoms with E-state index in [1.807, 2.05) is 0 Å². The van der Waals surface area contributed by atoms with Crippen LogP contribution in [0.3, 0.4) is 0 Å². The monoisotopic (exact) mass is 400 g/mol. The molecule has 1 saturated heterocycles. The molecule has 1 fully saturated rings. The Bertz CT molecular complexity index is 499. The largest absolute Gasteiger partial charge is 0.387 e. The summed E-state index contributed by atoms with van der Waals surface area (Å²) in [5.41, 5.74) is 0. The van der Waals surface area contributed by atoms with Gasteiger partial charge in [-0.2, -0.15) is 0 Å². The Kier molecular flexibility index (Phi) is 12.0. The van der Waals surface area contributed by atoms with E-state index in [4.69, 9.17) is 4.74 Å². The van der Waals surface area contributed by atoms with Crippen LogP contribution in [0, 0.1) is 0 Å². The van der Waals surface area contributed by atoms with Gasteiger partial charge >= 0.3 is 0 Å². The van der Waals surface area contributed by atoms with Crippen LogP contribution in [0.25, 0.3) is 0 Å². The van der Waals surface area contributed by atoms with Crippen LogP contribution in [0.15, 0.2) is 12.2 Å². The number of carbonyl (C=O) groups is 2. The Labute approximate surface area is 167 Å². The third-order valence-electron chi connectivity index (χ3n) is 4.93. The van der Waals surface area contributed by atoms with Gasteiger partial charge in [0.15, 0.2) is 6.10 Å². The fourth-order valence-electron chi connectivity index (χ4n) is 3.15. The van der Waals surface area contributed by atoms with Crippen molar-refractivity contribution in [2.45, 2.75) is 88.7 Å². The van der Waals surface area contributed by atoms with Crippen molar-refractivity contribution >= 4 is 11.8 Å². The van der Waals surface area contributed by atoms with E-state index < -0.39 is 36.4 Å². The molecular formula is C20H36N2O6. The van der Waals surface area contributed by atoms with Crippen molar-refractivity contribution in [2.75, 3.05) is 13.7 Å². The van der Waals surface area contributed by atoms with Gasteiger partial charge in [-0.15, -0.1) is 0 Å². The van der Waals surface area contributed by atoms with Crippen LogP contribution < -0.4 is 10.6 Å². The molecule has 1 rings (SSSR count). The third kappa shape index (κ3) is 8.26. The van der Waals surface area contributed by atoms with E-state index in [0.717, 1.165) is 44.9 Å². The minimum atomic E-state index is -1.64. The summed E-state index contributed by atoms with van der Waals surface area (Å²) < 4.78 is 5.03. The lowest BCUT2D eigenvalue weighted by Crippen LogP contribution is -2.55. The highest BCUT2D eigenvalue weighted by molar-refractivity contribution is 5.89. The second-order valence-electron chi connectivity index (χ2n) is 7.25. The second kappa shape index (κ2) is 13.7. The predicted molar refractivity (Wildman–Crippen MR) is 106 cm³/mol. The van der Waals surface area contributed by atoms with Crippen LogP contribution >= 0.6 is 0 Å². The third-order valence-corrected chi connectivity index (χ3v) is 4.93. The number of hydrogen-bond donors (Lipinski definition) is 5. The van der Waals surface area contributed by atoms with E-state index in [9.17, 15) is 24.9 Å². The molecule has 1 aliphatic heterocycles. The van der Waals surface area contributed by atoms with Gasteiger partial charge in [-0.3, -0.25) is 9.59 Å². The number of hydrogen-bond acceptors (Lipinski definition) is 6. The minimum Gasteiger partial charge on any atom is -0.387 e. The van der Waals surface area contributed by atoms with Crippen LogP contribution in [0.2, 0.25) is 0 Å². The van der Waals surface area contributed by atoms with Gasteiger partial charge in [0.2, 0.25) is 5.91 Å². The van der Waals surface area contributed by atoms with Gasteiger partial charge in [-0.25, -0.2) is 0 Å². The van der Waals surface area contributed by atoms with Crippen LogP contribution in [0.4, 0.5) is 0 Å². The zero-order valence-corrected chi connectivity index (χ0v) is 17.0. The SMILES string of the molecule is CCCCCCC=C[C@@H](O)[C@H](O)[C@@H](O)[C@@H](OC)C(=O)N[C@H]1CCCCNC1=O. The summed E-state index contributed by atoms with van der Waals surface area (Å²) in [6.45, 7) is 2.69. The molecule has 0 aromatic carbocycles. The van der Waals surface area contributed by atoms with E-state index >= 15 is 0 Å². The molecule has 1 heterocycles. The van der Waals surface area contributed by atoms with Crippen molar-refractivity contribution in [3.05, 3.63) is 12.2 Å². The number of aliphatic hydroxyl groups excluding tert-OH is 3. The highest BCUT2D eigenvalue weighted by Gasteiger charge is 2.36. The Morgan fingerprint density at radius 2 is 2.00 bits per heavy atom. The molecule has 0 aromatic heterocycles. The van der Waals surface area contributed by atoms with Crippen LogP contribution in [0.1, 0.15) is 58.3 Å². The molecule has 162 valence electrons. The van der Waals surface area contributed by atoms with Gasteiger partial charge in [0, 0.05) is 13.7 Å². The molecule has 5 atom stereocenters. The molecule has 2 amide bonds. The maximum Gasteiger partial charge on any atom is 0.252 e. The first-order chi connectivity index (χ1) is 13.4. The molecule has 0 saturated carbocycles. The summed E-state index contributed by atoms with van der Waals surface area (Å²) in [4.78, 5) is 24.4. The Hall–Kier alpha value is -1.48. The first-order valence-corrected chi connectivity index (χ1v) is 10.2. The summed E-state index contributed by atoms with van der Waals surface area (Å²) in [5, 5.41) is 35.8. The molecule has 0 aliphatic carbocycles. The lowest BCUT2D eigenvalue weighted by atomic mass is 10.0. The van der Waals surface area contributed by atoms with Gasteiger partial charge in [-0.1, -0.05) is 38.3 Å². The number of aliphatic hydroxyl groups is 3. The second-order valence-corrected chi connectivity index (χ2v) is 7.25. The summed E-state index contributed by atoms with van der Waals surface area (Å²) in [7, 11) is 1.23. The number of ether oxygens (including phenoxy) is 1. The summed E-state index contributed by atoms with van der Waals surface area (Å²) in [5.74, 6) is -0.978. The molecule has 28 heavy (non-hydrogen) atoms. The molecule has 1 aliphatic rings. The molecule has 0 bridgehead atoms. The van der Waals surface area contributed by atoms with Crippen LogP contribution in [0.5, 0.6) is 0 Å². The van der Waals surface area contributed by atoms with Gasteiger partial charge in [-0.05, 0) is 32.1 Å². The molecule has 5 N–H and O–H groups in total. The Morgan fingerprint density at radius 3 is 2.68 bits per heavy atom. The van der Waals surface area contributed by atoms with E-state index in [0.29, 0.717) is 13.0 Å². The van der Waals surface area contributed by atoms with Crippen molar-refractivity contribution in [1.29, 1.82) is 0 Å². The number of rotatable bonds is 12. The summed E-state index contributed by atoms with van der Waals surface area (Å²) >= 11 is 0. The minimum absolute atomic E-state index is 0.276. The normalized spacial score (nSPS) is 22.2. The number of unbranched alkanes of at least 4 members (excludes halogenated alkanes) is 4. The topological polar surface area (TPSA) is 128 Å². The average Bonchev–Trinajstić information content (AvgIpc) is 2.88. The van der Waals surface area contributed by atoms with Gasteiger partial charge < -0.3 is 30.7 Å². The first-order valence-electron chi connectivity index (χ1n) is 10.2. The summed E-state index contributed by atoms with van der Waals surface area (Å²) in [6, 6.07) is -0.704. The number of allylic oxidation sites excluding steroid dienone is 1. The molecule has 0 unspecified atom stereocenters. The Balaban J connectivity index is 2.56. The highest BCUT2D eigenvalue weighted by Crippen LogP contribution is 2.12. The molecule has 8 heteroatoms. The lowest BCUT2D eigenvalue weighted by Gasteiger charge is -2.28. The molecule has 0 aromatic rings. The molecule has 0 spiro atoms. The van der Waals surface area contributed by atoms with Gasteiger partial charge in [0.25, 0.3) is 5.91 Å². The van der Waals surface area contributed by atoms with E-state index in [1.54, 1.807) is 6.08 Å². The van der Waals surface area contributed by atoms with E-state index in [1.165, 1.54) is 13.2 Å². The highest BCUT2D eigenvalue weighted by atomic mass is 16.5.